The Bertz CT molecular complexity index is 597. The molecular weight excluding hydrogens is 210 g/mol. The summed E-state index contributed by atoms with van der Waals surface area (Å²) >= 11 is 0. The number of hydrogen-bond acceptors (Lipinski definition) is 3. The summed E-state index contributed by atoms with van der Waals surface area (Å²) in [7, 11) is -3.24. The second-order valence-corrected chi connectivity index (χ2v) is 5.56. The average molecular weight is 219 g/mol. The maximum atomic E-state index is 12.1. The molecule has 3 rings (SSSR count). The van der Waals surface area contributed by atoms with Crippen LogP contribution in [0.2, 0.25) is 0 Å². The SMILES string of the molecule is O=S1(=O)C2=C(N=CCC2)c2ccccc21. The summed E-state index contributed by atoms with van der Waals surface area (Å²) < 4.78 is 24.2. The number of nitrogens with zero attached hydrogens (tertiary/aromatic N) is 1. The van der Waals surface area contributed by atoms with Crippen molar-refractivity contribution in [3.63, 3.8) is 0 Å². The van der Waals surface area contributed by atoms with Crippen LogP contribution in [0.25, 0.3) is 5.70 Å². The summed E-state index contributed by atoms with van der Waals surface area (Å²) in [6, 6.07) is 7.06. The quantitative estimate of drug-likeness (QED) is 0.670. The molecule has 0 unspecified atom stereocenters. The van der Waals surface area contributed by atoms with Gasteiger partial charge >= 0.3 is 0 Å². The van der Waals surface area contributed by atoms with E-state index in [9.17, 15) is 8.42 Å². The molecule has 0 saturated heterocycles. The standard InChI is InChI=1S/C11H9NO2S/c13-15(14)9-5-2-1-4-8(9)11-10(15)6-3-7-12-11/h1-2,4-5,7H,3,6H2. The number of hydrogen-bond donors (Lipinski definition) is 0. The Morgan fingerprint density at radius 3 is 2.87 bits per heavy atom. The van der Waals surface area contributed by atoms with Crippen LogP contribution >= 0.6 is 0 Å². The van der Waals surface area contributed by atoms with Crippen molar-refractivity contribution in [2.45, 2.75) is 17.7 Å². The second-order valence-electron chi connectivity index (χ2n) is 3.62. The third-order valence-corrected chi connectivity index (χ3v) is 4.72. The molecule has 0 atom stereocenters. The summed E-state index contributed by atoms with van der Waals surface area (Å²) in [4.78, 5) is 5.11. The van der Waals surface area contributed by atoms with Crippen LogP contribution in [0.15, 0.2) is 39.1 Å². The number of fused-ring (bicyclic) bond motifs is 2. The van der Waals surface area contributed by atoms with Crippen LogP contribution in [0.3, 0.4) is 0 Å². The van der Waals surface area contributed by atoms with Crippen LogP contribution in [0.5, 0.6) is 0 Å². The minimum absolute atomic E-state index is 0.411. The Kier molecular flexibility index (Phi) is 1.65. The fourth-order valence-corrected chi connectivity index (χ4v) is 3.83. The molecule has 76 valence electrons. The Hall–Kier alpha value is -1.42. The molecule has 0 saturated carbocycles. The van der Waals surface area contributed by atoms with E-state index in [1.165, 1.54) is 0 Å². The first-order chi connectivity index (χ1) is 7.21. The zero-order chi connectivity index (χ0) is 10.5. The minimum Gasteiger partial charge on any atom is -0.260 e. The third kappa shape index (κ3) is 1.05. The van der Waals surface area contributed by atoms with Crippen molar-refractivity contribution in [3.8, 4) is 0 Å². The summed E-state index contributed by atoms with van der Waals surface area (Å²) in [6.07, 6.45) is 3.08. The normalized spacial score (nSPS) is 21.3. The molecule has 0 aliphatic carbocycles. The summed E-state index contributed by atoms with van der Waals surface area (Å²) in [5, 5.41) is 0. The van der Waals surface area contributed by atoms with Crippen molar-refractivity contribution >= 4 is 21.7 Å². The molecule has 2 aliphatic rings. The van der Waals surface area contributed by atoms with Crippen molar-refractivity contribution in [2.75, 3.05) is 0 Å². The molecule has 0 fully saturated rings. The van der Waals surface area contributed by atoms with Crippen molar-refractivity contribution < 1.29 is 8.42 Å². The Balaban J connectivity index is 2.40. The molecule has 0 N–H and O–H groups in total. The highest BCUT2D eigenvalue weighted by Gasteiger charge is 2.35. The lowest BCUT2D eigenvalue weighted by molar-refractivity contribution is 0.601. The molecule has 4 heteroatoms. The molecule has 0 bridgehead atoms. The monoisotopic (exact) mass is 219 g/mol. The molecule has 3 nitrogen and oxygen atoms in total. The smallest absolute Gasteiger partial charge is 0.205 e. The van der Waals surface area contributed by atoms with E-state index in [0.717, 1.165) is 5.56 Å². The van der Waals surface area contributed by atoms with E-state index in [1.54, 1.807) is 18.3 Å². The van der Waals surface area contributed by atoms with E-state index >= 15 is 0 Å². The molecule has 0 amide bonds. The number of sulfone groups is 1. The molecule has 1 aromatic carbocycles. The number of allylic oxidation sites excluding steroid dienone is 1. The molecule has 0 aromatic heterocycles. The first-order valence-electron chi connectivity index (χ1n) is 4.81. The molecule has 2 aliphatic heterocycles. The predicted octanol–water partition coefficient (Wildman–Crippen LogP) is 2.01. The van der Waals surface area contributed by atoms with Gasteiger partial charge < -0.3 is 0 Å². The average Bonchev–Trinajstić information content (AvgIpc) is 2.51. The van der Waals surface area contributed by atoms with E-state index < -0.39 is 9.84 Å². The number of rotatable bonds is 0. The largest absolute Gasteiger partial charge is 0.260 e. The van der Waals surface area contributed by atoms with Gasteiger partial charge in [-0.05, 0) is 18.9 Å². The van der Waals surface area contributed by atoms with Crippen LogP contribution < -0.4 is 0 Å². The van der Waals surface area contributed by atoms with Gasteiger partial charge in [0.25, 0.3) is 0 Å². The van der Waals surface area contributed by atoms with Gasteiger partial charge in [0.2, 0.25) is 9.84 Å². The first kappa shape index (κ1) is 8.85. The maximum Gasteiger partial charge on any atom is 0.205 e. The lowest BCUT2D eigenvalue weighted by Gasteiger charge is -2.05. The molecular formula is C11H9NO2S. The summed E-state index contributed by atoms with van der Waals surface area (Å²) in [5.74, 6) is 0. The number of benzene rings is 1. The van der Waals surface area contributed by atoms with Gasteiger partial charge in [-0.15, -0.1) is 0 Å². The van der Waals surface area contributed by atoms with Gasteiger partial charge in [0.05, 0.1) is 15.5 Å². The van der Waals surface area contributed by atoms with Crippen LogP contribution in [-0.4, -0.2) is 14.6 Å². The van der Waals surface area contributed by atoms with Gasteiger partial charge in [-0.25, -0.2) is 8.42 Å². The van der Waals surface area contributed by atoms with Crippen molar-refractivity contribution in [1.29, 1.82) is 0 Å². The highest BCUT2D eigenvalue weighted by molar-refractivity contribution is 7.96. The van der Waals surface area contributed by atoms with Crippen molar-refractivity contribution in [1.82, 2.24) is 0 Å². The Morgan fingerprint density at radius 1 is 1.20 bits per heavy atom. The zero-order valence-corrected chi connectivity index (χ0v) is 8.79. The molecule has 0 radical (unpaired) electrons. The van der Waals surface area contributed by atoms with Gasteiger partial charge in [0.1, 0.15) is 0 Å². The van der Waals surface area contributed by atoms with E-state index in [2.05, 4.69) is 4.99 Å². The van der Waals surface area contributed by atoms with Crippen LogP contribution in [0.1, 0.15) is 18.4 Å². The van der Waals surface area contributed by atoms with Crippen molar-refractivity contribution in [3.05, 3.63) is 34.7 Å². The maximum absolute atomic E-state index is 12.1. The van der Waals surface area contributed by atoms with Crippen LogP contribution in [-0.2, 0) is 9.84 Å². The zero-order valence-electron chi connectivity index (χ0n) is 7.97. The summed E-state index contributed by atoms with van der Waals surface area (Å²) in [5.41, 5.74) is 1.40. The van der Waals surface area contributed by atoms with Crippen molar-refractivity contribution in [2.24, 2.45) is 4.99 Å². The van der Waals surface area contributed by atoms with E-state index in [0.29, 0.717) is 28.3 Å². The fraction of sp³-hybridized carbons (Fsp3) is 0.182. The lowest BCUT2D eigenvalue weighted by Crippen LogP contribution is -2.02. The van der Waals surface area contributed by atoms with Crippen LogP contribution in [0.4, 0.5) is 0 Å². The van der Waals surface area contributed by atoms with Gasteiger partial charge in [0.15, 0.2) is 0 Å². The Labute approximate surface area is 88.1 Å². The second kappa shape index (κ2) is 2.79. The van der Waals surface area contributed by atoms with Gasteiger partial charge in [-0.1, -0.05) is 18.2 Å². The third-order valence-electron chi connectivity index (χ3n) is 2.74. The number of aliphatic imine (C=N–C) groups is 1. The Morgan fingerprint density at radius 2 is 2.00 bits per heavy atom. The molecule has 15 heavy (non-hydrogen) atoms. The van der Waals surface area contributed by atoms with Gasteiger partial charge in [0, 0.05) is 11.8 Å². The highest BCUT2D eigenvalue weighted by atomic mass is 32.2. The summed E-state index contributed by atoms with van der Waals surface area (Å²) in [6.45, 7) is 0. The van der Waals surface area contributed by atoms with Gasteiger partial charge in [-0.3, -0.25) is 4.99 Å². The molecule has 1 aromatic rings. The van der Waals surface area contributed by atoms with E-state index in [-0.39, 0.29) is 0 Å². The topological polar surface area (TPSA) is 46.5 Å². The van der Waals surface area contributed by atoms with Gasteiger partial charge in [-0.2, -0.15) is 0 Å². The van der Waals surface area contributed by atoms with Crippen LogP contribution in [0, 0.1) is 0 Å². The first-order valence-corrected chi connectivity index (χ1v) is 6.30. The van der Waals surface area contributed by atoms with E-state index in [4.69, 9.17) is 0 Å². The predicted molar refractivity (Wildman–Crippen MR) is 58.3 cm³/mol. The molecule has 2 heterocycles. The lowest BCUT2D eigenvalue weighted by atomic mass is 10.1. The highest BCUT2D eigenvalue weighted by Crippen LogP contribution is 2.42. The van der Waals surface area contributed by atoms with E-state index in [1.807, 2.05) is 12.1 Å². The fourth-order valence-electron chi connectivity index (χ4n) is 2.05. The minimum atomic E-state index is -3.24. The molecule has 0 spiro atoms.